The molecule has 0 radical (unpaired) electrons. The number of rotatable bonds is 6. The van der Waals surface area contributed by atoms with Crippen LogP contribution in [-0.4, -0.2) is 42.9 Å². The lowest BCUT2D eigenvalue weighted by molar-refractivity contribution is -0.206. The van der Waals surface area contributed by atoms with Gasteiger partial charge < -0.3 is 10.1 Å². The van der Waals surface area contributed by atoms with Crippen molar-refractivity contribution < 1.29 is 23.1 Å². The van der Waals surface area contributed by atoms with Crippen molar-refractivity contribution in [2.45, 2.75) is 44.6 Å². The van der Waals surface area contributed by atoms with Gasteiger partial charge in [0.1, 0.15) is 11.3 Å². The lowest BCUT2D eigenvalue weighted by Crippen LogP contribution is -2.55. The van der Waals surface area contributed by atoms with E-state index in [1.165, 1.54) is 17.1 Å². The van der Waals surface area contributed by atoms with Crippen LogP contribution < -0.4 is 10.6 Å². The zero-order valence-corrected chi connectivity index (χ0v) is 20.8. The van der Waals surface area contributed by atoms with Crippen LogP contribution in [0.25, 0.3) is 11.4 Å². The van der Waals surface area contributed by atoms with Gasteiger partial charge >= 0.3 is 6.09 Å². The van der Waals surface area contributed by atoms with Crippen LogP contribution in [0.5, 0.6) is 0 Å². The number of carbonyl (C=O) groups is 2. The Kier molecular flexibility index (Phi) is 6.30. The highest BCUT2D eigenvalue weighted by Gasteiger charge is 2.62. The van der Waals surface area contributed by atoms with Crippen LogP contribution in [0.15, 0.2) is 36.7 Å². The van der Waals surface area contributed by atoms with E-state index in [0.29, 0.717) is 35.5 Å². The van der Waals surface area contributed by atoms with Gasteiger partial charge in [0.05, 0.1) is 17.6 Å². The minimum Gasteiger partial charge on any atom is -0.441 e. The van der Waals surface area contributed by atoms with E-state index < -0.39 is 18.1 Å². The van der Waals surface area contributed by atoms with Gasteiger partial charge in [-0.05, 0) is 43.4 Å². The number of hydrogen-bond donors (Lipinski definition) is 2. The molecule has 2 aliphatic rings. The topological polar surface area (TPSA) is 124 Å². The van der Waals surface area contributed by atoms with Crippen LogP contribution in [-0.2, 0) is 16.6 Å². The second kappa shape index (κ2) is 9.33. The number of anilines is 2. The monoisotopic (exact) mass is 531 g/mol. The van der Waals surface area contributed by atoms with Gasteiger partial charge in [-0.15, -0.1) is 5.10 Å². The van der Waals surface area contributed by atoms with E-state index in [9.17, 15) is 18.4 Å². The lowest BCUT2D eigenvalue weighted by Gasteiger charge is -2.56. The number of amides is 2. The van der Waals surface area contributed by atoms with Crippen molar-refractivity contribution >= 4 is 35.1 Å². The molecule has 1 spiro atoms. The standard InChI is InChI=1S/C24H24ClF2N7O3/c1-13(16-4-3-7-28-19(16)25)37-22(36)31-20-18(32-33-34(20)2)17-6-5-15(10-29-17)30-21(35)14-8-23(9-14)11-24(26,27)12-23/h3-7,10,13-14H,8-9,11-12H2,1-2H3,(H,30,35)(H,31,36)/t13-/m1/s1. The average molecular weight is 532 g/mol. The van der Waals surface area contributed by atoms with E-state index in [1.54, 1.807) is 38.2 Å². The van der Waals surface area contributed by atoms with Gasteiger partial charge in [0, 0.05) is 37.6 Å². The third-order valence-electron chi connectivity index (χ3n) is 6.83. The number of pyridine rings is 2. The molecule has 194 valence electrons. The van der Waals surface area contributed by atoms with Crippen molar-refractivity contribution in [3.8, 4) is 11.4 Å². The van der Waals surface area contributed by atoms with E-state index in [1.807, 2.05) is 0 Å². The van der Waals surface area contributed by atoms with Crippen molar-refractivity contribution in [2.24, 2.45) is 18.4 Å². The summed E-state index contributed by atoms with van der Waals surface area (Å²) in [5, 5.41) is 13.7. The number of halogens is 3. The third kappa shape index (κ3) is 5.10. The fourth-order valence-electron chi connectivity index (χ4n) is 5.08. The molecule has 1 atom stereocenters. The highest BCUT2D eigenvalue weighted by atomic mass is 35.5. The second-order valence-electron chi connectivity index (χ2n) is 9.70. The van der Waals surface area contributed by atoms with Gasteiger partial charge in [-0.1, -0.05) is 22.9 Å². The first-order valence-electron chi connectivity index (χ1n) is 11.7. The number of alkyl halides is 2. The summed E-state index contributed by atoms with van der Waals surface area (Å²) in [6.07, 6.45) is 2.31. The normalized spacial score (nSPS) is 18.4. The molecule has 0 aromatic carbocycles. The number of aromatic nitrogens is 5. The van der Waals surface area contributed by atoms with Gasteiger partial charge in [0.25, 0.3) is 0 Å². The van der Waals surface area contributed by atoms with E-state index in [0.717, 1.165) is 0 Å². The molecule has 2 amide bonds. The Morgan fingerprint density at radius 1 is 1.19 bits per heavy atom. The summed E-state index contributed by atoms with van der Waals surface area (Å²) in [5.74, 6) is -2.81. The van der Waals surface area contributed by atoms with Crippen LogP contribution in [0.3, 0.4) is 0 Å². The first-order valence-corrected chi connectivity index (χ1v) is 12.0. The Hall–Kier alpha value is -3.67. The molecular weight excluding hydrogens is 508 g/mol. The molecule has 5 rings (SSSR count). The molecule has 37 heavy (non-hydrogen) atoms. The van der Waals surface area contributed by atoms with Gasteiger partial charge in [0.2, 0.25) is 11.8 Å². The number of carbonyl (C=O) groups excluding carboxylic acids is 2. The van der Waals surface area contributed by atoms with Crippen LogP contribution in [0.4, 0.5) is 25.1 Å². The van der Waals surface area contributed by atoms with E-state index in [-0.39, 0.29) is 41.1 Å². The first kappa shape index (κ1) is 25.0. The molecule has 13 heteroatoms. The van der Waals surface area contributed by atoms with Crippen molar-refractivity contribution in [1.29, 1.82) is 0 Å². The summed E-state index contributed by atoms with van der Waals surface area (Å²) in [6, 6.07) is 6.68. The van der Waals surface area contributed by atoms with Crippen molar-refractivity contribution in [3.63, 3.8) is 0 Å². The maximum absolute atomic E-state index is 13.2. The fraction of sp³-hybridized carbons (Fsp3) is 0.417. The summed E-state index contributed by atoms with van der Waals surface area (Å²) in [6.45, 7) is 1.67. The molecular formula is C24H24ClF2N7O3. The maximum Gasteiger partial charge on any atom is 0.413 e. The van der Waals surface area contributed by atoms with E-state index >= 15 is 0 Å². The maximum atomic E-state index is 13.2. The summed E-state index contributed by atoms with van der Waals surface area (Å²) in [7, 11) is 1.60. The zero-order chi connectivity index (χ0) is 26.4. The Balaban J connectivity index is 1.19. The number of hydrogen-bond acceptors (Lipinski definition) is 7. The molecule has 2 fully saturated rings. The fourth-order valence-corrected chi connectivity index (χ4v) is 5.35. The summed E-state index contributed by atoms with van der Waals surface area (Å²) in [4.78, 5) is 33.4. The van der Waals surface area contributed by atoms with E-state index in [2.05, 4.69) is 30.9 Å². The number of aryl methyl sites for hydroxylation is 1. The molecule has 2 N–H and O–H groups in total. The SMILES string of the molecule is C[C@@H](OC(=O)Nc1c(-c2ccc(NC(=O)C3CC4(C3)CC(F)(F)C4)cn2)nnn1C)c1cccnc1Cl. The largest absolute Gasteiger partial charge is 0.441 e. The molecule has 0 aliphatic heterocycles. The van der Waals surface area contributed by atoms with Crippen LogP contribution in [0.1, 0.15) is 44.3 Å². The first-order chi connectivity index (χ1) is 17.5. The number of nitrogens with one attached hydrogen (secondary N) is 2. The quantitative estimate of drug-likeness (QED) is 0.429. The molecule has 0 saturated heterocycles. The highest BCUT2D eigenvalue weighted by molar-refractivity contribution is 6.30. The van der Waals surface area contributed by atoms with E-state index in [4.69, 9.17) is 16.3 Å². The van der Waals surface area contributed by atoms with Gasteiger partial charge in [-0.3, -0.25) is 15.1 Å². The second-order valence-corrected chi connectivity index (χ2v) is 10.1. The zero-order valence-electron chi connectivity index (χ0n) is 20.0. The Morgan fingerprint density at radius 3 is 2.59 bits per heavy atom. The molecule has 0 unspecified atom stereocenters. The molecule has 2 saturated carbocycles. The number of nitrogens with zero attached hydrogens (tertiary/aromatic N) is 5. The van der Waals surface area contributed by atoms with Gasteiger partial charge in [0.15, 0.2) is 11.5 Å². The van der Waals surface area contributed by atoms with Crippen molar-refractivity contribution in [1.82, 2.24) is 25.0 Å². The van der Waals surface area contributed by atoms with Crippen LogP contribution >= 0.6 is 11.6 Å². The lowest BCUT2D eigenvalue weighted by atomic mass is 9.50. The number of ether oxygens (including phenoxy) is 1. The smallest absolute Gasteiger partial charge is 0.413 e. The highest BCUT2D eigenvalue weighted by Crippen LogP contribution is 2.64. The Morgan fingerprint density at radius 2 is 1.95 bits per heavy atom. The minimum absolute atomic E-state index is 0.127. The molecule has 3 aromatic rings. The van der Waals surface area contributed by atoms with Gasteiger partial charge in [-0.2, -0.15) is 0 Å². The Bertz CT molecular complexity index is 1330. The van der Waals surface area contributed by atoms with Gasteiger partial charge in [-0.25, -0.2) is 23.2 Å². The minimum atomic E-state index is -2.59. The van der Waals surface area contributed by atoms with Crippen LogP contribution in [0, 0.1) is 11.3 Å². The third-order valence-corrected chi connectivity index (χ3v) is 7.14. The molecule has 0 bridgehead atoms. The van der Waals surface area contributed by atoms with Crippen molar-refractivity contribution in [3.05, 3.63) is 47.4 Å². The van der Waals surface area contributed by atoms with Crippen LogP contribution in [0.2, 0.25) is 5.15 Å². The molecule has 2 aliphatic carbocycles. The molecule has 3 heterocycles. The predicted octanol–water partition coefficient (Wildman–Crippen LogP) is 5.00. The Labute approximate surface area is 215 Å². The summed E-state index contributed by atoms with van der Waals surface area (Å²) >= 11 is 6.07. The summed E-state index contributed by atoms with van der Waals surface area (Å²) < 4.78 is 33.2. The molecule has 3 aromatic heterocycles. The molecule has 10 nitrogen and oxygen atoms in total. The predicted molar refractivity (Wildman–Crippen MR) is 130 cm³/mol. The average Bonchev–Trinajstić information content (AvgIpc) is 3.16. The summed E-state index contributed by atoms with van der Waals surface area (Å²) in [5.41, 5.74) is 1.37. The van der Waals surface area contributed by atoms with Crippen molar-refractivity contribution in [2.75, 3.05) is 10.6 Å².